The zero-order chi connectivity index (χ0) is 14.4. The summed E-state index contributed by atoms with van der Waals surface area (Å²) in [5, 5.41) is 9.49. The van der Waals surface area contributed by atoms with E-state index in [-0.39, 0.29) is 11.8 Å². The van der Waals surface area contributed by atoms with E-state index in [4.69, 9.17) is 0 Å². The van der Waals surface area contributed by atoms with Crippen LogP contribution in [0.3, 0.4) is 0 Å². The van der Waals surface area contributed by atoms with Crippen LogP contribution in [0.15, 0.2) is 9.85 Å². The van der Waals surface area contributed by atoms with Crippen molar-refractivity contribution in [2.75, 3.05) is 6.54 Å². The van der Waals surface area contributed by atoms with Gasteiger partial charge in [-0.05, 0) is 59.2 Å². The molecule has 6 heteroatoms. The van der Waals surface area contributed by atoms with Gasteiger partial charge in [-0.15, -0.1) is 11.3 Å². The van der Waals surface area contributed by atoms with Gasteiger partial charge in [0.15, 0.2) is 0 Å². The number of carboxylic acid groups (broad SMARTS) is 1. The zero-order valence-corrected chi connectivity index (χ0v) is 13.5. The van der Waals surface area contributed by atoms with Crippen LogP contribution in [0.5, 0.6) is 0 Å². The minimum absolute atomic E-state index is 0.134. The molecule has 1 amide bonds. The summed E-state index contributed by atoms with van der Waals surface area (Å²) in [6, 6.07) is 1.19. The molecule has 2 aliphatic rings. The number of hydrogen-bond acceptors (Lipinski definition) is 3. The monoisotopic (exact) mass is 357 g/mol. The van der Waals surface area contributed by atoms with Gasteiger partial charge < -0.3 is 10.0 Å². The summed E-state index contributed by atoms with van der Waals surface area (Å²) in [6.45, 7) is 2.53. The number of thiophene rings is 1. The maximum atomic E-state index is 12.6. The van der Waals surface area contributed by atoms with Gasteiger partial charge >= 0.3 is 5.97 Å². The molecule has 2 fully saturated rings. The number of aryl methyl sites for hydroxylation is 1. The van der Waals surface area contributed by atoms with Crippen molar-refractivity contribution in [1.82, 2.24) is 4.90 Å². The van der Waals surface area contributed by atoms with Crippen LogP contribution in [0.25, 0.3) is 0 Å². The van der Waals surface area contributed by atoms with Gasteiger partial charge in [0, 0.05) is 6.54 Å². The molecule has 0 spiro atoms. The van der Waals surface area contributed by atoms with Gasteiger partial charge in [-0.1, -0.05) is 6.42 Å². The lowest BCUT2D eigenvalue weighted by molar-refractivity contribution is -0.142. The Bertz CT molecular complexity index is 551. The number of carboxylic acids is 1. The van der Waals surface area contributed by atoms with Gasteiger partial charge in [-0.2, -0.15) is 0 Å². The van der Waals surface area contributed by atoms with E-state index in [1.54, 1.807) is 4.90 Å². The first-order chi connectivity index (χ1) is 9.49. The van der Waals surface area contributed by atoms with Crippen molar-refractivity contribution in [3.05, 3.63) is 20.3 Å². The summed E-state index contributed by atoms with van der Waals surface area (Å²) < 4.78 is 0.937. The smallest absolute Gasteiger partial charge is 0.326 e. The van der Waals surface area contributed by atoms with Crippen molar-refractivity contribution in [1.29, 1.82) is 0 Å². The van der Waals surface area contributed by atoms with Crippen LogP contribution < -0.4 is 0 Å². The maximum absolute atomic E-state index is 12.6. The molecule has 0 aromatic carbocycles. The summed E-state index contributed by atoms with van der Waals surface area (Å²) >= 11 is 4.80. The molecule has 0 bridgehead atoms. The van der Waals surface area contributed by atoms with Crippen molar-refractivity contribution in [3.63, 3.8) is 0 Å². The molecule has 20 heavy (non-hydrogen) atoms. The molecule has 3 atom stereocenters. The molecule has 0 radical (unpaired) electrons. The van der Waals surface area contributed by atoms with E-state index in [1.807, 2.05) is 13.0 Å². The Kier molecular flexibility index (Phi) is 3.62. The third kappa shape index (κ3) is 2.19. The molecule has 1 saturated carbocycles. The second kappa shape index (κ2) is 5.15. The Balaban J connectivity index is 1.88. The Morgan fingerprint density at radius 1 is 1.45 bits per heavy atom. The average molecular weight is 358 g/mol. The number of fused-ring (bicyclic) bond motifs is 1. The van der Waals surface area contributed by atoms with E-state index in [0.717, 1.165) is 28.6 Å². The van der Waals surface area contributed by atoms with E-state index in [1.165, 1.54) is 11.3 Å². The molecule has 1 aliphatic carbocycles. The van der Waals surface area contributed by atoms with E-state index in [2.05, 4.69) is 15.9 Å². The number of halogens is 1. The molecule has 2 heterocycles. The highest BCUT2D eigenvalue weighted by molar-refractivity contribution is 9.11. The molecule has 1 saturated heterocycles. The number of carbonyl (C=O) groups is 2. The van der Waals surface area contributed by atoms with Crippen LogP contribution in [0, 0.1) is 18.8 Å². The summed E-state index contributed by atoms with van der Waals surface area (Å²) in [4.78, 5) is 26.4. The predicted molar refractivity (Wildman–Crippen MR) is 80.0 cm³/mol. The lowest BCUT2D eigenvalue weighted by Gasteiger charge is -2.23. The number of carbonyl (C=O) groups excluding carboxylic acids is 1. The minimum atomic E-state index is -0.861. The topological polar surface area (TPSA) is 57.6 Å². The van der Waals surface area contributed by atoms with Crippen molar-refractivity contribution in [2.45, 2.75) is 32.2 Å². The van der Waals surface area contributed by atoms with Crippen LogP contribution in [0.4, 0.5) is 0 Å². The number of amides is 1. The third-order valence-electron chi connectivity index (χ3n) is 4.47. The van der Waals surface area contributed by atoms with Gasteiger partial charge in [-0.25, -0.2) is 4.79 Å². The maximum Gasteiger partial charge on any atom is 0.326 e. The van der Waals surface area contributed by atoms with Crippen molar-refractivity contribution in [2.24, 2.45) is 11.8 Å². The largest absolute Gasteiger partial charge is 0.480 e. The molecule has 1 aromatic rings. The van der Waals surface area contributed by atoms with Crippen LogP contribution >= 0.6 is 27.3 Å². The van der Waals surface area contributed by atoms with Crippen molar-refractivity contribution >= 4 is 39.1 Å². The molecule has 1 aliphatic heterocycles. The average Bonchev–Trinajstić information content (AvgIpc) is 3.02. The number of nitrogens with zero attached hydrogens (tertiary/aromatic N) is 1. The summed E-state index contributed by atoms with van der Waals surface area (Å²) in [6.07, 6.45) is 3.06. The Labute approximate surface area is 129 Å². The van der Waals surface area contributed by atoms with E-state index in [0.29, 0.717) is 17.3 Å². The quantitative estimate of drug-likeness (QED) is 0.884. The second-order valence-corrected chi connectivity index (χ2v) is 8.03. The first-order valence-electron chi connectivity index (χ1n) is 6.78. The fourth-order valence-corrected chi connectivity index (χ4v) is 5.03. The van der Waals surface area contributed by atoms with Crippen LogP contribution in [-0.2, 0) is 4.79 Å². The molecule has 1 aromatic heterocycles. The third-order valence-corrected chi connectivity index (χ3v) is 6.60. The highest BCUT2D eigenvalue weighted by atomic mass is 79.9. The van der Waals surface area contributed by atoms with E-state index < -0.39 is 12.0 Å². The first kappa shape index (κ1) is 14.1. The molecule has 3 unspecified atom stereocenters. The first-order valence-corrected chi connectivity index (χ1v) is 8.39. The molecule has 1 N–H and O–H groups in total. The van der Waals surface area contributed by atoms with Gasteiger partial charge in [0.25, 0.3) is 5.91 Å². The number of aliphatic carboxylic acids is 1. The van der Waals surface area contributed by atoms with Gasteiger partial charge in [0.1, 0.15) is 6.04 Å². The highest BCUT2D eigenvalue weighted by Crippen LogP contribution is 2.43. The van der Waals surface area contributed by atoms with Crippen LogP contribution in [0.2, 0.25) is 0 Å². The molecule has 108 valence electrons. The highest BCUT2D eigenvalue weighted by Gasteiger charge is 2.49. The SMILES string of the molecule is Cc1cc(C(=O)N2CC3CCCC3C2C(=O)O)sc1Br. The molecular formula is C14H16BrNO3S. The number of likely N-dealkylation sites (tertiary alicyclic amines) is 1. The minimum Gasteiger partial charge on any atom is -0.480 e. The molecular weight excluding hydrogens is 342 g/mol. The normalized spacial score (nSPS) is 28.7. The Morgan fingerprint density at radius 2 is 2.20 bits per heavy atom. The van der Waals surface area contributed by atoms with Crippen LogP contribution in [-0.4, -0.2) is 34.5 Å². The number of hydrogen-bond donors (Lipinski definition) is 1. The summed E-state index contributed by atoms with van der Waals surface area (Å²) in [5.74, 6) is -0.490. The summed E-state index contributed by atoms with van der Waals surface area (Å²) in [7, 11) is 0. The van der Waals surface area contributed by atoms with Gasteiger partial charge in [0.05, 0.1) is 8.66 Å². The van der Waals surface area contributed by atoms with E-state index >= 15 is 0 Å². The van der Waals surface area contributed by atoms with Gasteiger partial charge in [0.2, 0.25) is 0 Å². The van der Waals surface area contributed by atoms with E-state index in [9.17, 15) is 14.7 Å². The second-order valence-electron chi connectivity index (χ2n) is 5.66. The lowest BCUT2D eigenvalue weighted by Crippen LogP contribution is -2.43. The lowest BCUT2D eigenvalue weighted by atomic mass is 9.94. The standard InChI is InChI=1S/C14H16BrNO3S/c1-7-5-10(20-12(7)15)13(17)16-6-8-3-2-4-9(8)11(16)14(18)19/h5,8-9,11H,2-4,6H2,1H3,(H,18,19). The van der Waals surface area contributed by atoms with Crippen molar-refractivity contribution < 1.29 is 14.7 Å². The van der Waals surface area contributed by atoms with Gasteiger partial charge in [-0.3, -0.25) is 4.79 Å². The van der Waals surface area contributed by atoms with Crippen LogP contribution in [0.1, 0.15) is 34.5 Å². The predicted octanol–water partition coefficient (Wildman–Crippen LogP) is 3.14. The molecule has 3 rings (SSSR count). The fourth-order valence-electron chi connectivity index (χ4n) is 3.54. The fraction of sp³-hybridized carbons (Fsp3) is 0.571. The Hall–Kier alpha value is -0.880. The summed E-state index contributed by atoms with van der Waals surface area (Å²) in [5.41, 5.74) is 1.02. The Morgan fingerprint density at radius 3 is 2.80 bits per heavy atom. The zero-order valence-electron chi connectivity index (χ0n) is 11.1. The number of rotatable bonds is 2. The molecule has 4 nitrogen and oxygen atoms in total. The van der Waals surface area contributed by atoms with Crippen molar-refractivity contribution in [3.8, 4) is 0 Å².